The third kappa shape index (κ3) is 5.11. The van der Waals surface area contributed by atoms with Crippen molar-refractivity contribution in [1.82, 2.24) is 10.3 Å². The van der Waals surface area contributed by atoms with Gasteiger partial charge in [0.05, 0.1) is 18.1 Å². The highest BCUT2D eigenvalue weighted by Gasteiger charge is 2.11. The standard InChI is InChI=1S/C11H18N2O5S/c1-8-11(15)10(9(7-14)5-13-8)6-12-3-2-4-19(16,17)18/h5,12,14-15H,2-4,6-7H2,1H3,(H,16,17,18). The second kappa shape index (κ2) is 6.80. The van der Waals surface area contributed by atoms with E-state index in [0.29, 0.717) is 23.4 Å². The summed E-state index contributed by atoms with van der Waals surface area (Å²) < 4.78 is 29.6. The van der Waals surface area contributed by atoms with Crippen molar-refractivity contribution in [3.8, 4) is 5.75 Å². The maximum Gasteiger partial charge on any atom is 0.264 e. The molecule has 0 saturated heterocycles. The number of aliphatic hydroxyl groups is 1. The Morgan fingerprint density at radius 2 is 2.11 bits per heavy atom. The summed E-state index contributed by atoms with van der Waals surface area (Å²) in [4.78, 5) is 3.94. The molecule has 108 valence electrons. The maximum absolute atomic E-state index is 10.5. The summed E-state index contributed by atoms with van der Waals surface area (Å²) in [6.07, 6.45) is 1.75. The Kier molecular flexibility index (Phi) is 5.67. The summed E-state index contributed by atoms with van der Waals surface area (Å²) in [5.41, 5.74) is 1.53. The Bertz CT molecular complexity index is 530. The molecule has 1 aromatic rings. The Morgan fingerprint density at radius 1 is 1.42 bits per heavy atom. The molecular formula is C11H18N2O5S. The number of rotatable bonds is 7. The molecule has 0 amide bonds. The summed E-state index contributed by atoms with van der Waals surface area (Å²) >= 11 is 0. The maximum atomic E-state index is 10.5. The molecule has 0 aliphatic carbocycles. The fourth-order valence-electron chi connectivity index (χ4n) is 1.61. The van der Waals surface area contributed by atoms with Gasteiger partial charge in [0.2, 0.25) is 0 Å². The van der Waals surface area contributed by atoms with Crippen LogP contribution in [0, 0.1) is 6.92 Å². The molecule has 0 aliphatic rings. The van der Waals surface area contributed by atoms with E-state index in [1.807, 2.05) is 0 Å². The molecule has 1 heterocycles. The zero-order chi connectivity index (χ0) is 14.5. The lowest BCUT2D eigenvalue weighted by atomic mass is 10.1. The van der Waals surface area contributed by atoms with E-state index in [9.17, 15) is 13.5 Å². The molecule has 0 spiro atoms. The molecule has 0 fully saturated rings. The van der Waals surface area contributed by atoms with E-state index in [1.54, 1.807) is 6.92 Å². The van der Waals surface area contributed by atoms with Gasteiger partial charge in [-0.25, -0.2) is 0 Å². The van der Waals surface area contributed by atoms with Crippen LogP contribution in [0.5, 0.6) is 5.75 Å². The predicted molar refractivity (Wildman–Crippen MR) is 69.3 cm³/mol. The minimum absolute atomic E-state index is 0.0221. The van der Waals surface area contributed by atoms with E-state index >= 15 is 0 Å². The average molecular weight is 290 g/mol. The lowest BCUT2D eigenvalue weighted by molar-refractivity contribution is 0.278. The first-order valence-corrected chi connectivity index (χ1v) is 7.39. The van der Waals surface area contributed by atoms with Crippen LogP contribution in [0.1, 0.15) is 23.2 Å². The van der Waals surface area contributed by atoms with Gasteiger partial charge in [-0.3, -0.25) is 9.54 Å². The van der Waals surface area contributed by atoms with Crippen molar-refractivity contribution >= 4 is 10.1 Å². The van der Waals surface area contributed by atoms with E-state index in [2.05, 4.69) is 10.3 Å². The smallest absolute Gasteiger partial charge is 0.264 e. The first kappa shape index (κ1) is 15.8. The normalized spacial score (nSPS) is 11.7. The largest absolute Gasteiger partial charge is 0.506 e. The van der Waals surface area contributed by atoms with Gasteiger partial charge < -0.3 is 15.5 Å². The van der Waals surface area contributed by atoms with Gasteiger partial charge >= 0.3 is 0 Å². The second-order valence-electron chi connectivity index (χ2n) is 4.17. The van der Waals surface area contributed by atoms with E-state index in [0.717, 1.165) is 0 Å². The highest BCUT2D eigenvalue weighted by Crippen LogP contribution is 2.23. The predicted octanol–water partition coefficient (Wildman–Crippen LogP) is -0.0446. The minimum Gasteiger partial charge on any atom is -0.506 e. The van der Waals surface area contributed by atoms with Gasteiger partial charge in [-0.15, -0.1) is 0 Å². The quantitative estimate of drug-likeness (QED) is 0.410. The fraction of sp³-hybridized carbons (Fsp3) is 0.545. The van der Waals surface area contributed by atoms with Crippen molar-refractivity contribution in [3.05, 3.63) is 23.0 Å². The zero-order valence-corrected chi connectivity index (χ0v) is 11.4. The minimum atomic E-state index is -3.94. The van der Waals surface area contributed by atoms with Crippen LogP contribution in [0.25, 0.3) is 0 Å². The average Bonchev–Trinajstić information content (AvgIpc) is 2.32. The number of aromatic nitrogens is 1. The third-order valence-corrected chi connectivity index (χ3v) is 3.46. The van der Waals surface area contributed by atoms with Gasteiger partial charge in [-0.05, 0) is 19.9 Å². The first-order valence-electron chi connectivity index (χ1n) is 5.78. The summed E-state index contributed by atoms with van der Waals surface area (Å²) in [6.45, 7) is 2.07. The molecular weight excluding hydrogens is 272 g/mol. The van der Waals surface area contributed by atoms with Crippen molar-refractivity contribution in [3.63, 3.8) is 0 Å². The number of nitrogens with one attached hydrogen (secondary N) is 1. The molecule has 0 unspecified atom stereocenters. The Labute approximate surface area is 112 Å². The van der Waals surface area contributed by atoms with Gasteiger partial charge in [0.25, 0.3) is 10.1 Å². The Balaban J connectivity index is 2.56. The molecule has 1 aromatic heterocycles. The number of hydrogen-bond acceptors (Lipinski definition) is 6. The number of aliphatic hydroxyl groups excluding tert-OH is 1. The number of pyridine rings is 1. The zero-order valence-electron chi connectivity index (χ0n) is 10.6. The molecule has 4 N–H and O–H groups in total. The molecule has 0 atom stereocenters. The van der Waals surface area contributed by atoms with Crippen molar-refractivity contribution < 1.29 is 23.2 Å². The van der Waals surface area contributed by atoms with Gasteiger partial charge in [0.15, 0.2) is 0 Å². The first-order chi connectivity index (χ1) is 8.85. The lowest BCUT2D eigenvalue weighted by Crippen LogP contribution is -2.19. The number of aromatic hydroxyl groups is 1. The van der Waals surface area contributed by atoms with E-state index < -0.39 is 10.1 Å². The summed E-state index contributed by atoms with van der Waals surface area (Å²) in [5.74, 6) is -0.289. The monoisotopic (exact) mass is 290 g/mol. The molecule has 0 aromatic carbocycles. The molecule has 1 rings (SSSR count). The molecule has 19 heavy (non-hydrogen) atoms. The highest BCUT2D eigenvalue weighted by atomic mass is 32.2. The van der Waals surface area contributed by atoms with Crippen LogP contribution in [0.2, 0.25) is 0 Å². The molecule has 7 nitrogen and oxygen atoms in total. The van der Waals surface area contributed by atoms with Crippen LogP contribution >= 0.6 is 0 Å². The van der Waals surface area contributed by atoms with Crippen LogP contribution in [0.3, 0.4) is 0 Å². The molecule has 0 bridgehead atoms. The van der Waals surface area contributed by atoms with E-state index in [4.69, 9.17) is 9.66 Å². The molecule has 0 radical (unpaired) electrons. The van der Waals surface area contributed by atoms with Crippen LogP contribution in [-0.4, -0.2) is 40.5 Å². The van der Waals surface area contributed by atoms with E-state index in [-0.39, 0.29) is 31.1 Å². The topological polar surface area (TPSA) is 120 Å². The van der Waals surface area contributed by atoms with Crippen molar-refractivity contribution in [2.45, 2.75) is 26.5 Å². The fourth-order valence-corrected chi connectivity index (χ4v) is 2.12. The molecule has 0 saturated carbocycles. The van der Waals surface area contributed by atoms with Crippen LogP contribution in [0.15, 0.2) is 6.20 Å². The van der Waals surface area contributed by atoms with Crippen molar-refractivity contribution in [2.75, 3.05) is 12.3 Å². The van der Waals surface area contributed by atoms with Crippen LogP contribution in [-0.2, 0) is 23.3 Å². The Morgan fingerprint density at radius 3 is 2.68 bits per heavy atom. The molecule has 8 heteroatoms. The number of hydrogen-bond donors (Lipinski definition) is 4. The highest BCUT2D eigenvalue weighted by molar-refractivity contribution is 7.85. The van der Waals surface area contributed by atoms with Gasteiger partial charge in [0, 0.05) is 23.9 Å². The van der Waals surface area contributed by atoms with Crippen molar-refractivity contribution in [2.24, 2.45) is 0 Å². The summed E-state index contributed by atoms with van der Waals surface area (Å²) in [7, 11) is -3.94. The second-order valence-corrected chi connectivity index (χ2v) is 5.74. The van der Waals surface area contributed by atoms with Gasteiger partial charge in [-0.2, -0.15) is 8.42 Å². The van der Waals surface area contributed by atoms with Gasteiger partial charge in [-0.1, -0.05) is 0 Å². The third-order valence-electron chi connectivity index (χ3n) is 2.66. The SMILES string of the molecule is Cc1ncc(CO)c(CNCCCS(=O)(=O)O)c1O. The summed E-state index contributed by atoms with van der Waals surface area (Å²) in [5, 5.41) is 21.9. The van der Waals surface area contributed by atoms with Crippen LogP contribution < -0.4 is 5.32 Å². The number of aryl methyl sites for hydroxylation is 1. The van der Waals surface area contributed by atoms with Crippen LogP contribution in [0.4, 0.5) is 0 Å². The van der Waals surface area contributed by atoms with Gasteiger partial charge in [0.1, 0.15) is 5.75 Å². The number of nitrogens with zero attached hydrogens (tertiary/aromatic N) is 1. The van der Waals surface area contributed by atoms with E-state index in [1.165, 1.54) is 6.20 Å². The summed E-state index contributed by atoms with van der Waals surface area (Å²) in [6, 6.07) is 0. The van der Waals surface area contributed by atoms with Crippen molar-refractivity contribution in [1.29, 1.82) is 0 Å². The Hall–Kier alpha value is -1.22. The lowest BCUT2D eigenvalue weighted by Gasteiger charge is -2.12. The molecule has 0 aliphatic heterocycles.